The van der Waals surface area contributed by atoms with Crippen molar-refractivity contribution in [1.82, 2.24) is 4.31 Å². The van der Waals surface area contributed by atoms with Gasteiger partial charge in [-0.1, -0.05) is 13.8 Å². The molecule has 1 aliphatic rings. The highest BCUT2D eigenvalue weighted by Gasteiger charge is 2.25. The second-order valence-corrected chi connectivity index (χ2v) is 9.44. The van der Waals surface area contributed by atoms with Gasteiger partial charge in [-0.3, -0.25) is 4.79 Å². The monoisotopic (exact) mass is 493 g/mol. The summed E-state index contributed by atoms with van der Waals surface area (Å²) >= 11 is 0. The van der Waals surface area contributed by atoms with E-state index in [1.54, 1.807) is 26.0 Å². The van der Waals surface area contributed by atoms with Crippen molar-refractivity contribution < 1.29 is 31.9 Å². The summed E-state index contributed by atoms with van der Waals surface area (Å²) in [7, 11) is -2.67. The Hall–Kier alpha value is -3.02. The summed E-state index contributed by atoms with van der Waals surface area (Å²) in [5, 5.41) is 2.52. The lowest BCUT2D eigenvalue weighted by atomic mass is 10.1. The molecule has 1 heterocycles. The van der Waals surface area contributed by atoms with Crippen molar-refractivity contribution in [3.63, 3.8) is 0 Å². The molecule has 11 heteroatoms. The Morgan fingerprint density at radius 3 is 2.38 bits per heavy atom. The number of carbonyl (C=O) groups excluding carboxylic acids is 2. The molecular formula is C23H28FN3O6S. The van der Waals surface area contributed by atoms with E-state index in [2.05, 4.69) is 5.32 Å². The van der Waals surface area contributed by atoms with E-state index in [-0.39, 0.29) is 29.2 Å². The van der Waals surface area contributed by atoms with Gasteiger partial charge in [-0.25, -0.2) is 17.6 Å². The summed E-state index contributed by atoms with van der Waals surface area (Å²) in [5.41, 5.74) is 0.499. The number of hydrogen-bond acceptors (Lipinski definition) is 7. The Morgan fingerprint density at radius 1 is 1.09 bits per heavy atom. The van der Waals surface area contributed by atoms with E-state index in [4.69, 9.17) is 9.47 Å². The number of nitrogens with one attached hydrogen (secondary N) is 1. The minimum Gasteiger partial charge on any atom is -0.465 e. The van der Waals surface area contributed by atoms with Crippen LogP contribution in [0, 0.1) is 5.82 Å². The first-order valence-corrected chi connectivity index (χ1v) is 12.3. The molecule has 0 bridgehead atoms. The molecule has 3 rings (SSSR count). The van der Waals surface area contributed by atoms with E-state index in [1.165, 1.54) is 17.5 Å². The van der Waals surface area contributed by atoms with Gasteiger partial charge in [-0.2, -0.15) is 4.31 Å². The van der Waals surface area contributed by atoms with Crippen LogP contribution in [0.3, 0.4) is 0 Å². The molecule has 2 aromatic rings. The lowest BCUT2D eigenvalue weighted by Crippen LogP contribution is -2.36. The lowest BCUT2D eigenvalue weighted by molar-refractivity contribution is 0.0602. The Kier molecular flexibility index (Phi) is 8.24. The summed E-state index contributed by atoms with van der Waals surface area (Å²) in [5.74, 6) is -2.46. The predicted molar refractivity (Wildman–Crippen MR) is 125 cm³/mol. The molecule has 0 radical (unpaired) electrons. The molecule has 0 aromatic heterocycles. The number of ether oxygens (including phenoxy) is 2. The van der Waals surface area contributed by atoms with Gasteiger partial charge >= 0.3 is 5.97 Å². The smallest absolute Gasteiger partial charge is 0.340 e. The van der Waals surface area contributed by atoms with Crippen LogP contribution in [0.15, 0.2) is 41.3 Å². The van der Waals surface area contributed by atoms with Gasteiger partial charge in [0.1, 0.15) is 5.82 Å². The molecule has 9 nitrogen and oxygen atoms in total. The first-order valence-electron chi connectivity index (χ1n) is 10.9. The normalized spacial score (nSPS) is 14.2. The van der Waals surface area contributed by atoms with E-state index in [0.717, 1.165) is 23.9 Å². The molecule has 1 N–H and O–H groups in total. The van der Waals surface area contributed by atoms with Gasteiger partial charge in [0.15, 0.2) is 0 Å². The molecule has 0 spiro atoms. The topological polar surface area (TPSA) is 105 Å². The fourth-order valence-electron chi connectivity index (χ4n) is 3.68. The van der Waals surface area contributed by atoms with Gasteiger partial charge in [0.25, 0.3) is 5.91 Å². The first kappa shape index (κ1) is 25.6. The van der Waals surface area contributed by atoms with E-state index in [0.29, 0.717) is 26.3 Å². The number of methoxy groups -OCH3 is 1. The maximum Gasteiger partial charge on any atom is 0.340 e. The molecule has 0 aliphatic carbocycles. The predicted octanol–water partition coefficient (Wildman–Crippen LogP) is 2.73. The van der Waals surface area contributed by atoms with Crippen LogP contribution < -0.4 is 10.2 Å². The fourth-order valence-corrected chi connectivity index (χ4v) is 5.16. The molecule has 184 valence electrons. The average Bonchev–Trinajstić information content (AvgIpc) is 2.85. The largest absolute Gasteiger partial charge is 0.465 e. The molecular weight excluding hydrogens is 465 g/mol. The number of carbonyl (C=O) groups is 2. The van der Waals surface area contributed by atoms with Crippen LogP contribution in [0.2, 0.25) is 0 Å². The molecule has 1 amide bonds. The van der Waals surface area contributed by atoms with Crippen molar-refractivity contribution in [3.8, 4) is 0 Å². The Morgan fingerprint density at radius 2 is 1.76 bits per heavy atom. The van der Waals surface area contributed by atoms with Crippen LogP contribution in [0.1, 0.15) is 34.6 Å². The summed E-state index contributed by atoms with van der Waals surface area (Å²) < 4.78 is 51.6. The third-order valence-electron chi connectivity index (χ3n) is 5.56. The highest BCUT2D eigenvalue weighted by atomic mass is 32.2. The van der Waals surface area contributed by atoms with Gasteiger partial charge in [0.05, 0.1) is 42.0 Å². The Balaban J connectivity index is 1.94. The maximum absolute atomic E-state index is 14.5. The van der Waals surface area contributed by atoms with Gasteiger partial charge in [0, 0.05) is 31.9 Å². The zero-order chi connectivity index (χ0) is 24.9. The molecule has 0 atom stereocenters. The lowest BCUT2D eigenvalue weighted by Gasteiger charge is -2.29. The van der Waals surface area contributed by atoms with Crippen LogP contribution in [0.4, 0.5) is 15.8 Å². The number of halogens is 1. The van der Waals surface area contributed by atoms with Gasteiger partial charge in [0.2, 0.25) is 10.0 Å². The highest BCUT2D eigenvalue weighted by molar-refractivity contribution is 7.89. The standard InChI is InChI=1S/C23H28FN3O6S/c1-4-27(5-2)34(30,31)17-7-8-20(24)18(15-17)22(28)25-21-9-6-16(14-19(21)23(29)32-3)26-10-12-33-13-11-26/h6-9,14-15H,4-5,10-13H2,1-3H3,(H,25,28). The van der Waals surface area contributed by atoms with Crippen LogP contribution >= 0.6 is 0 Å². The van der Waals surface area contributed by atoms with Gasteiger partial charge in [-0.15, -0.1) is 0 Å². The third kappa shape index (κ3) is 5.37. The molecule has 2 aromatic carbocycles. The number of benzene rings is 2. The zero-order valence-electron chi connectivity index (χ0n) is 19.3. The number of hydrogen-bond donors (Lipinski definition) is 1. The minimum absolute atomic E-state index is 0.0900. The fraction of sp³-hybridized carbons (Fsp3) is 0.391. The minimum atomic E-state index is -3.89. The number of anilines is 2. The van der Waals surface area contributed by atoms with Crippen LogP contribution in [0.25, 0.3) is 0 Å². The van der Waals surface area contributed by atoms with Crippen LogP contribution in [-0.2, 0) is 19.5 Å². The van der Waals surface area contributed by atoms with Crippen molar-refractivity contribution >= 4 is 33.3 Å². The number of morpholine rings is 1. The summed E-state index contributed by atoms with van der Waals surface area (Å²) in [4.78, 5) is 27.2. The molecule has 1 aliphatic heterocycles. The van der Waals surface area contributed by atoms with Crippen molar-refractivity contribution in [1.29, 1.82) is 0 Å². The molecule has 1 fully saturated rings. The highest BCUT2D eigenvalue weighted by Crippen LogP contribution is 2.26. The first-order chi connectivity index (χ1) is 16.2. The van der Waals surface area contributed by atoms with E-state index < -0.39 is 33.3 Å². The Labute approximate surface area is 198 Å². The molecule has 0 saturated carbocycles. The maximum atomic E-state index is 14.5. The summed E-state index contributed by atoms with van der Waals surface area (Å²) in [6.45, 7) is 6.23. The summed E-state index contributed by atoms with van der Waals surface area (Å²) in [6.07, 6.45) is 0. The van der Waals surface area contributed by atoms with Crippen LogP contribution in [-0.4, -0.2) is 71.1 Å². The van der Waals surface area contributed by atoms with E-state index in [9.17, 15) is 22.4 Å². The SMILES string of the molecule is CCN(CC)S(=O)(=O)c1ccc(F)c(C(=O)Nc2ccc(N3CCOCC3)cc2C(=O)OC)c1. The zero-order valence-corrected chi connectivity index (χ0v) is 20.2. The summed E-state index contributed by atoms with van der Waals surface area (Å²) in [6, 6.07) is 7.90. The molecule has 0 unspecified atom stereocenters. The van der Waals surface area contributed by atoms with E-state index >= 15 is 0 Å². The van der Waals surface area contributed by atoms with Gasteiger partial charge < -0.3 is 19.7 Å². The second kappa shape index (κ2) is 10.9. The number of sulfonamides is 1. The third-order valence-corrected chi connectivity index (χ3v) is 7.60. The van der Waals surface area contributed by atoms with E-state index in [1.807, 2.05) is 4.90 Å². The van der Waals surface area contributed by atoms with Crippen molar-refractivity contribution in [3.05, 3.63) is 53.3 Å². The number of amides is 1. The second-order valence-electron chi connectivity index (χ2n) is 7.51. The molecule has 34 heavy (non-hydrogen) atoms. The van der Waals surface area contributed by atoms with Crippen molar-refractivity contribution in [2.75, 3.05) is 56.7 Å². The molecule has 1 saturated heterocycles. The average molecular weight is 494 g/mol. The number of esters is 1. The quantitative estimate of drug-likeness (QED) is 0.564. The van der Waals surface area contributed by atoms with Crippen LogP contribution in [0.5, 0.6) is 0 Å². The Bertz CT molecular complexity index is 1160. The van der Waals surface area contributed by atoms with Crippen molar-refractivity contribution in [2.45, 2.75) is 18.7 Å². The number of nitrogens with zero attached hydrogens (tertiary/aromatic N) is 2. The van der Waals surface area contributed by atoms with Crippen molar-refractivity contribution in [2.24, 2.45) is 0 Å². The number of rotatable bonds is 8. The van der Waals surface area contributed by atoms with Gasteiger partial charge in [-0.05, 0) is 36.4 Å².